The second-order valence-corrected chi connectivity index (χ2v) is 13.9. The number of hydrogen-bond donors (Lipinski definition) is 0. The van der Waals surface area contributed by atoms with Crippen LogP contribution >= 0.6 is 0 Å². The largest absolute Gasteiger partial charge is 0.311 e. The van der Waals surface area contributed by atoms with Crippen molar-refractivity contribution in [1.82, 2.24) is 0 Å². The van der Waals surface area contributed by atoms with E-state index in [-0.39, 0.29) is 46.7 Å². The molecule has 0 aliphatic carbocycles. The Morgan fingerprint density at radius 2 is 0.772 bits per heavy atom. The molecule has 0 aromatic heterocycles. The molecule has 0 saturated heterocycles. The van der Waals surface area contributed by atoms with Gasteiger partial charge in [-0.2, -0.15) is 0 Å². The third-order valence-electron chi connectivity index (χ3n) is 10.4. The molecular weight excluding hydrogens is 687 g/mol. The molecular formula is C56H39N. The third kappa shape index (κ3) is 6.77. The van der Waals surface area contributed by atoms with Crippen molar-refractivity contribution in [3.8, 4) is 55.6 Å². The van der Waals surface area contributed by atoms with Gasteiger partial charge >= 0.3 is 0 Å². The van der Waals surface area contributed by atoms with E-state index in [9.17, 15) is 11.0 Å². The average Bonchev–Trinajstić information content (AvgIpc) is 3.35. The minimum atomic E-state index is -0.397. The van der Waals surface area contributed by atoms with Crippen LogP contribution in [0.4, 0.5) is 17.1 Å². The first-order valence-corrected chi connectivity index (χ1v) is 18.9. The van der Waals surface area contributed by atoms with E-state index in [1.807, 2.05) is 127 Å². The minimum Gasteiger partial charge on any atom is -0.311 e. The molecule has 0 radical (unpaired) electrons. The topological polar surface area (TPSA) is 3.24 Å². The van der Waals surface area contributed by atoms with Gasteiger partial charge in [-0.3, -0.25) is 0 Å². The summed E-state index contributed by atoms with van der Waals surface area (Å²) in [5.41, 5.74) is 6.85. The number of fused-ring (bicyclic) bond motifs is 2. The maximum absolute atomic E-state index is 9.60. The van der Waals surface area contributed by atoms with E-state index in [1.54, 1.807) is 24.3 Å². The predicted molar refractivity (Wildman–Crippen MR) is 243 cm³/mol. The average molecular weight is 734 g/mol. The number of nitrogens with zero attached hydrogens (tertiary/aromatic N) is 1. The van der Waals surface area contributed by atoms with Gasteiger partial charge in [-0.25, -0.2) is 0 Å². The highest BCUT2D eigenvalue weighted by molar-refractivity contribution is 6.04. The maximum Gasteiger partial charge on any atom is 0.0645 e. The van der Waals surface area contributed by atoms with Gasteiger partial charge < -0.3 is 4.90 Å². The molecule has 0 saturated carbocycles. The van der Waals surface area contributed by atoms with Crippen molar-refractivity contribution in [1.29, 1.82) is 0 Å². The smallest absolute Gasteiger partial charge is 0.0645 e. The van der Waals surface area contributed by atoms with Gasteiger partial charge in [-0.15, -0.1) is 0 Å². The molecule has 0 aliphatic heterocycles. The normalized spacial score (nSPS) is 13.1. The van der Waals surface area contributed by atoms with Gasteiger partial charge in [0.05, 0.1) is 11.0 Å². The van der Waals surface area contributed by atoms with Crippen LogP contribution in [0.15, 0.2) is 236 Å². The summed E-state index contributed by atoms with van der Waals surface area (Å²) >= 11 is 0. The van der Waals surface area contributed by atoms with E-state index < -0.39 is 24.2 Å². The zero-order chi connectivity index (χ0) is 44.9. The number of anilines is 3. The highest BCUT2D eigenvalue weighted by Crippen LogP contribution is 2.41. The summed E-state index contributed by atoms with van der Waals surface area (Å²) < 4.78 is 76.0. The summed E-state index contributed by atoms with van der Waals surface area (Å²) in [5.74, 6) is 0. The fourth-order valence-electron chi connectivity index (χ4n) is 7.54. The lowest BCUT2D eigenvalue weighted by Gasteiger charge is -2.26. The van der Waals surface area contributed by atoms with Crippen molar-refractivity contribution < 1.29 is 11.0 Å². The molecule has 0 spiro atoms. The summed E-state index contributed by atoms with van der Waals surface area (Å²) in [6, 6.07) is 57.4. The van der Waals surface area contributed by atoms with Crippen LogP contribution in [0.1, 0.15) is 11.0 Å². The monoisotopic (exact) mass is 733 g/mol. The molecule has 57 heavy (non-hydrogen) atoms. The lowest BCUT2D eigenvalue weighted by Crippen LogP contribution is -2.09. The number of hydrogen-bond acceptors (Lipinski definition) is 1. The van der Waals surface area contributed by atoms with Crippen LogP contribution in [-0.2, 0) is 0 Å². The van der Waals surface area contributed by atoms with Crippen LogP contribution in [0.25, 0.3) is 77.2 Å². The molecule has 268 valence electrons. The van der Waals surface area contributed by atoms with E-state index in [0.29, 0.717) is 16.8 Å². The second-order valence-electron chi connectivity index (χ2n) is 13.9. The number of rotatable bonds is 8. The van der Waals surface area contributed by atoms with Crippen molar-refractivity contribution >= 4 is 38.6 Å². The first-order chi connectivity index (χ1) is 31.6. The van der Waals surface area contributed by atoms with Crippen molar-refractivity contribution in [2.45, 2.75) is 0 Å². The second kappa shape index (κ2) is 15.0. The van der Waals surface area contributed by atoms with Gasteiger partial charge in [-0.1, -0.05) is 188 Å². The van der Waals surface area contributed by atoms with Gasteiger partial charge in [-0.05, 0) is 126 Å². The molecule has 0 unspecified atom stereocenters. The summed E-state index contributed by atoms with van der Waals surface area (Å²) in [5, 5.41) is 4.02. The Kier molecular flexibility index (Phi) is 6.92. The molecule has 0 heterocycles. The fourth-order valence-corrected chi connectivity index (χ4v) is 7.54. The number of benzene rings is 10. The van der Waals surface area contributed by atoms with Crippen LogP contribution < -0.4 is 4.90 Å². The van der Waals surface area contributed by atoms with Gasteiger partial charge in [0.25, 0.3) is 0 Å². The molecule has 1 nitrogen and oxygen atoms in total. The standard InChI is InChI=1S/C56H39N/c1-3-12-40(13-4-1)48-19-11-20-49(38-48)42-24-31-51(32-25-42)57(52-33-26-43(27-34-52)50-23-22-41-14-7-8-18-47(41)39-50)53-35-28-45(29-36-53)55-37-30-44-15-9-10-21-54(44)56(55)46-16-5-2-6-17-46/h1-39H/i24D,25D,26D,27D,31D,32D,33D,34D. The van der Waals surface area contributed by atoms with Crippen molar-refractivity contribution in [3.05, 3.63) is 236 Å². The van der Waals surface area contributed by atoms with E-state index in [1.165, 1.54) is 4.90 Å². The highest BCUT2D eigenvalue weighted by Gasteiger charge is 2.16. The molecule has 0 atom stereocenters. The third-order valence-corrected chi connectivity index (χ3v) is 10.4. The van der Waals surface area contributed by atoms with Gasteiger partial charge in [0.15, 0.2) is 0 Å². The molecule has 10 rings (SSSR count). The quantitative estimate of drug-likeness (QED) is 0.150. The van der Waals surface area contributed by atoms with E-state index in [0.717, 1.165) is 54.9 Å². The van der Waals surface area contributed by atoms with Crippen molar-refractivity contribution in [2.24, 2.45) is 0 Å². The van der Waals surface area contributed by atoms with Crippen LogP contribution in [0.2, 0.25) is 0 Å². The van der Waals surface area contributed by atoms with Crippen LogP contribution in [0.3, 0.4) is 0 Å². The first kappa shape index (κ1) is 26.3. The molecule has 10 aromatic rings. The summed E-state index contributed by atoms with van der Waals surface area (Å²) in [6.07, 6.45) is 0. The summed E-state index contributed by atoms with van der Waals surface area (Å²) in [6.45, 7) is 0. The van der Waals surface area contributed by atoms with Crippen molar-refractivity contribution in [3.63, 3.8) is 0 Å². The minimum absolute atomic E-state index is 0.104. The van der Waals surface area contributed by atoms with E-state index in [4.69, 9.17) is 0 Å². The van der Waals surface area contributed by atoms with Crippen molar-refractivity contribution in [2.75, 3.05) is 4.90 Å². The Labute approximate surface area is 345 Å². The molecule has 0 N–H and O–H groups in total. The molecule has 0 amide bonds. The molecule has 0 fully saturated rings. The SMILES string of the molecule is [2H]c1c([2H])c(N(c2ccc(-c3ccc4ccccc4c3-c3ccccc3)cc2)c2c([2H])c([2H])c(-c3ccc4ccccc4c3)c([2H])c2[2H])c([2H])c([2H])c1-c1cccc(-c2ccccc2)c1. The zero-order valence-corrected chi connectivity index (χ0v) is 30.8. The summed E-state index contributed by atoms with van der Waals surface area (Å²) in [4.78, 5) is 1.36. The van der Waals surface area contributed by atoms with Crippen LogP contribution in [0.5, 0.6) is 0 Å². The Morgan fingerprint density at radius 3 is 1.44 bits per heavy atom. The van der Waals surface area contributed by atoms with E-state index >= 15 is 0 Å². The van der Waals surface area contributed by atoms with Crippen LogP contribution in [-0.4, -0.2) is 0 Å². The molecule has 10 aromatic carbocycles. The van der Waals surface area contributed by atoms with Gasteiger partial charge in [0.1, 0.15) is 0 Å². The van der Waals surface area contributed by atoms with E-state index in [2.05, 4.69) is 36.4 Å². The molecule has 0 aliphatic rings. The Morgan fingerprint density at radius 1 is 0.281 bits per heavy atom. The first-order valence-electron chi connectivity index (χ1n) is 22.9. The van der Waals surface area contributed by atoms with Gasteiger partial charge in [0.2, 0.25) is 0 Å². The molecule has 0 bridgehead atoms. The fraction of sp³-hybridized carbons (Fsp3) is 0. The maximum atomic E-state index is 9.60. The molecule has 1 heteroatoms. The highest BCUT2D eigenvalue weighted by atomic mass is 15.1. The Bertz CT molecular complexity index is 3400. The lowest BCUT2D eigenvalue weighted by atomic mass is 9.90. The van der Waals surface area contributed by atoms with Crippen LogP contribution in [0, 0.1) is 0 Å². The Balaban J connectivity index is 1.18. The summed E-state index contributed by atoms with van der Waals surface area (Å²) in [7, 11) is 0. The Hall–Kier alpha value is -7.48. The predicted octanol–water partition coefficient (Wildman–Crippen LogP) is 15.8. The lowest BCUT2D eigenvalue weighted by molar-refractivity contribution is 1.28. The van der Waals surface area contributed by atoms with Gasteiger partial charge in [0, 0.05) is 17.1 Å². The zero-order valence-electron chi connectivity index (χ0n) is 38.8.